The van der Waals surface area contributed by atoms with Crippen LogP contribution in [0, 0.1) is 12.8 Å². The van der Waals surface area contributed by atoms with Crippen LogP contribution in [0.2, 0.25) is 0 Å². The number of nitrogens with one attached hydrogen (secondary N) is 2. The third-order valence-electron chi connectivity index (χ3n) is 5.25. The minimum atomic E-state index is -0.0341. The standard InChI is InChI=1S/C19H30N4O2S/c1-3-6-16-22-13(2)17(26-16)19(25)23-10-5-7-14(12-23)11-21-18(24)15-8-4-9-20-15/h14-15,20H,3-12H2,1-2H3,(H,21,24). The van der Waals surface area contributed by atoms with E-state index in [2.05, 4.69) is 22.5 Å². The first-order chi connectivity index (χ1) is 12.6. The predicted octanol–water partition coefficient (Wildman–Crippen LogP) is 2.12. The zero-order valence-corrected chi connectivity index (χ0v) is 16.7. The van der Waals surface area contributed by atoms with Gasteiger partial charge in [0.05, 0.1) is 16.7 Å². The van der Waals surface area contributed by atoms with Crippen LogP contribution in [-0.4, -0.2) is 53.9 Å². The van der Waals surface area contributed by atoms with Gasteiger partial charge in [0.15, 0.2) is 0 Å². The Labute approximate surface area is 159 Å². The Morgan fingerprint density at radius 1 is 1.35 bits per heavy atom. The molecule has 2 amide bonds. The van der Waals surface area contributed by atoms with E-state index >= 15 is 0 Å². The topological polar surface area (TPSA) is 74.3 Å². The lowest BCUT2D eigenvalue weighted by Crippen LogP contribution is -2.46. The average Bonchev–Trinajstić information content (AvgIpc) is 3.30. The number of hydrogen-bond donors (Lipinski definition) is 2. The molecule has 2 saturated heterocycles. The van der Waals surface area contributed by atoms with E-state index in [9.17, 15) is 9.59 Å². The maximum Gasteiger partial charge on any atom is 0.265 e. The number of carbonyl (C=O) groups excluding carboxylic acids is 2. The molecule has 3 heterocycles. The first kappa shape index (κ1) is 19.3. The van der Waals surface area contributed by atoms with Crippen LogP contribution in [-0.2, 0) is 11.2 Å². The second-order valence-electron chi connectivity index (χ2n) is 7.43. The highest BCUT2D eigenvalue weighted by Gasteiger charge is 2.28. The molecule has 0 saturated carbocycles. The number of nitrogens with zero attached hydrogens (tertiary/aromatic N) is 2. The quantitative estimate of drug-likeness (QED) is 0.795. The van der Waals surface area contributed by atoms with Crippen LogP contribution < -0.4 is 10.6 Å². The highest BCUT2D eigenvalue weighted by Crippen LogP contribution is 2.24. The van der Waals surface area contributed by atoms with E-state index in [1.165, 1.54) is 0 Å². The van der Waals surface area contributed by atoms with Gasteiger partial charge >= 0.3 is 0 Å². The molecular weight excluding hydrogens is 348 g/mol. The van der Waals surface area contributed by atoms with Gasteiger partial charge in [0.1, 0.15) is 4.88 Å². The maximum atomic E-state index is 12.9. The van der Waals surface area contributed by atoms with Crippen LogP contribution in [0.15, 0.2) is 0 Å². The maximum absolute atomic E-state index is 12.9. The molecule has 3 rings (SSSR count). The van der Waals surface area contributed by atoms with Crippen LogP contribution in [0.1, 0.15) is 59.4 Å². The molecule has 6 nitrogen and oxygen atoms in total. The van der Waals surface area contributed by atoms with Crippen molar-refractivity contribution in [3.8, 4) is 0 Å². The van der Waals surface area contributed by atoms with E-state index in [4.69, 9.17) is 0 Å². The molecule has 1 aromatic heterocycles. The van der Waals surface area contributed by atoms with Crippen LogP contribution in [0.25, 0.3) is 0 Å². The molecule has 2 aliphatic rings. The predicted molar refractivity (Wildman–Crippen MR) is 104 cm³/mol. The molecule has 2 N–H and O–H groups in total. The summed E-state index contributed by atoms with van der Waals surface area (Å²) in [6, 6.07) is -0.0341. The normalized spacial score (nSPS) is 23.2. The van der Waals surface area contributed by atoms with Gasteiger partial charge in [-0.2, -0.15) is 0 Å². The molecule has 0 spiro atoms. The number of aromatic nitrogens is 1. The Bertz CT molecular complexity index is 639. The number of hydrogen-bond acceptors (Lipinski definition) is 5. The molecule has 0 aromatic carbocycles. The second kappa shape index (κ2) is 8.95. The van der Waals surface area contributed by atoms with E-state index in [0.29, 0.717) is 12.5 Å². The zero-order valence-electron chi connectivity index (χ0n) is 15.8. The lowest BCUT2D eigenvalue weighted by Gasteiger charge is -2.33. The Hall–Kier alpha value is -1.47. The van der Waals surface area contributed by atoms with E-state index < -0.39 is 0 Å². The van der Waals surface area contributed by atoms with Crippen molar-refractivity contribution >= 4 is 23.2 Å². The molecule has 1 aromatic rings. The molecule has 2 fully saturated rings. The number of carbonyl (C=O) groups is 2. The number of likely N-dealkylation sites (tertiary alicyclic amines) is 1. The zero-order chi connectivity index (χ0) is 18.5. The number of piperidine rings is 1. The minimum Gasteiger partial charge on any atom is -0.354 e. The molecule has 2 aliphatic heterocycles. The van der Waals surface area contributed by atoms with Gasteiger partial charge in [-0.3, -0.25) is 9.59 Å². The highest BCUT2D eigenvalue weighted by molar-refractivity contribution is 7.13. The van der Waals surface area contributed by atoms with Crippen molar-refractivity contribution in [2.24, 2.45) is 5.92 Å². The van der Waals surface area contributed by atoms with Crippen molar-refractivity contribution < 1.29 is 9.59 Å². The summed E-state index contributed by atoms with van der Waals surface area (Å²) in [6.45, 7) is 7.16. The summed E-state index contributed by atoms with van der Waals surface area (Å²) in [4.78, 5) is 32.4. The lowest BCUT2D eigenvalue weighted by molar-refractivity contribution is -0.123. The summed E-state index contributed by atoms with van der Waals surface area (Å²) < 4.78 is 0. The van der Waals surface area contributed by atoms with Gasteiger partial charge < -0.3 is 15.5 Å². The average molecular weight is 379 g/mol. The summed E-state index contributed by atoms with van der Waals surface area (Å²) in [7, 11) is 0. The SMILES string of the molecule is CCCc1nc(C)c(C(=O)N2CCCC(CNC(=O)C3CCCN3)C2)s1. The van der Waals surface area contributed by atoms with Gasteiger partial charge in [-0.05, 0) is 57.9 Å². The van der Waals surface area contributed by atoms with Crippen molar-refractivity contribution in [2.75, 3.05) is 26.2 Å². The third kappa shape index (κ3) is 4.62. The molecule has 2 atom stereocenters. The molecule has 0 aliphatic carbocycles. The highest BCUT2D eigenvalue weighted by atomic mass is 32.1. The molecule has 0 radical (unpaired) electrons. The van der Waals surface area contributed by atoms with Gasteiger partial charge in [0.2, 0.25) is 5.91 Å². The smallest absolute Gasteiger partial charge is 0.265 e. The van der Waals surface area contributed by atoms with E-state index in [0.717, 1.165) is 73.7 Å². The fourth-order valence-corrected chi connectivity index (χ4v) is 4.94. The fraction of sp³-hybridized carbons (Fsp3) is 0.737. The van der Waals surface area contributed by atoms with Crippen LogP contribution >= 0.6 is 11.3 Å². The van der Waals surface area contributed by atoms with Crippen LogP contribution in [0.4, 0.5) is 0 Å². The van der Waals surface area contributed by atoms with Gasteiger partial charge in [0, 0.05) is 19.6 Å². The summed E-state index contributed by atoms with van der Waals surface area (Å²) in [5, 5.41) is 7.36. The first-order valence-corrected chi connectivity index (χ1v) is 10.7. The van der Waals surface area contributed by atoms with E-state index in [1.54, 1.807) is 11.3 Å². The molecule has 144 valence electrons. The van der Waals surface area contributed by atoms with Crippen molar-refractivity contribution in [3.63, 3.8) is 0 Å². The largest absolute Gasteiger partial charge is 0.354 e. The van der Waals surface area contributed by atoms with Gasteiger partial charge in [-0.25, -0.2) is 4.98 Å². The monoisotopic (exact) mass is 378 g/mol. The number of amides is 2. The van der Waals surface area contributed by atoms with Crippen molar-refractivity contribution in [3.05, 3.63) is 15.6 Å². The van der Waals surface area contributed by atoms with Crippen LogP contribution in [0.3, 0.4) is 0 Å². The summed E-state index contributed by atoms with van der Waals surface area (Å²) in [6.07, 6.45) is 6.02. The van der Waals surface area contributed by atoms with Crippen molar-refractivity contribution in [1.29, 1.82) is 0 Å². The Kier molecular flexibility index (Phi) is 6.64. The Morgan fingerprint density at radius 2 is 2.19 bits per heavy atom. The molecule has 7 heteroatoms. The number of thiazole rings is 1. The summed E-state index contributed by atoms with van der Waals surface area (Å²) >= 11 is 1.54. The first-order valence-electron chi connectivity index (χ1n) is 9.85. The second-order valence-corrected chi connectivity index (χ2v) is 8.51. The molecular formula is C19H30N4O2S. The fourth-order valence-electron chi connectivity index (χ4n) is 3.81. The number of aryl methyl sites for hydroxylation is 2. The number of rotatable bonds is 6. The van der Waals surface area contributed by atoms with Gasteiger partial charge in [-0.15, -0.1) is 11.3 Å². The van der Waals surface area contributed by atoms with Gasteiger partial charge in [-0.1, -0.05) is 6.92 Å². The van der Waals surface area contributed by atoms with E-state index in [1.807, 2.05) is 11.8 Å². The summed E-state index contributed by atoms with van der Waals surface area (Å²) in [5.41, 5.74) is 0.853. The summed E-state index contributed by atoms with van der Waals surface area (Å²) in [5.74, 6) is 0.547. The van der Waals surface area contributed by atoms with Crippen molar-refractivity contribution in [1.82, 2.24) is 20.5 Å². The lowest BCUT2D eigenvalue weighted by atomic mass is 9.97. The van der Waals surface area contributed by atoms with Crippen molar-refractivity contribution in [2.45, 2.75) is 58.4 Å². The molecule has 26 heavy (non-hydrogen) atoms. The Balaban J connectivity index is 1.54. The third-order valence-corrected chi connectivity index (χ3v) is 6.45. The van der Waals surface area contributed by atoms with Gasteiger partial charge in [0.25, 0.3) is 5.91 Å². The van der Waals surface area contributed by atoms with E-state index in [-0.39, 0.29) is 17.9 Å². The molecule has 0 bridgehead atoms. The Morgan fingerprint density at radius 3 is 2.92 bits per heavy atom. The molecule has 2 unspecified atom stereocenters. The van der Waals surface area contributed by atoms with Crippen LogP contribution in [0.5, 0.6) is 0 Å². The minimum absolute atomic E-state index is 0.0341.